The van der Waals surface area contributed by atoms with Crippen LogP contribution in [0.15, 0.2) is 60.0 Å². The number of carbonyl (C=O) groups is 1. The highest BCUT2D eigenvalue weighted by molar-refractivity contribution is 6.02. The number of methoxy groups -OCH3 is 1. The number of aliphatic hydroxyl groups is 1. The number of nitrogens with one attached hydrogen (secondary N) is 3. The molecule has 1 aliphatic heterocycles. The molecule has 0 spiro atoms. The zero-order valence-electron chi connectivity index (χ0n) is 25.6. The van der Waals surface area contributed by atoms with Gasteiger partial charge in [-0.05, 0) is 51.2 Å². The Morgan fingerprint density at radius 1 is 1.28 bits per heavy atom. The van der Waals surface area contributed by atoms with E-state index in [1.165, 1.54) is 6.08 Å². The number of aryl methyl sites for hydroxylation is 1. The second-order valence-electron chi connectivity index (χ2n) is 10.5. The van der Waals surface area contributed by atoms with Gasteiger partial charge in [-0.1, -0.05) is 12.6 Å². The lowest BCUT2D eigenvalue weighted by Crippen LogP contribution is -2.48. The molecule has 3 rings (SSSR count). The van der Waals surface area contributed by atoms with Gasteiger partial charge in [-0.25, -0.2) is 10.8 Å². The predicted molar refractivity (Wildman–Crippen MR) is 172 cm³/mol. The Bertz CT molecular complexity index is 1270. The van der Waals surface area contributed by atoms with E-state index < -0.39 is 0 Å². The number of rotatable bonds is 15. The van der Waals surface area contributed by atoms with Crippen LogP contribution in [0.5, 0.6) is 5.75 Å². The molecule has 1 atom stereocenters. The Hall–Kier alpha value is -4.17. The Labute approximate surface area is 254 Å². The van der Waals surface area contributed by atoms with Crippen LogP contribution in [0.1, 0.15) is 23.7 Å². The number of aromatic nitrogens is 1. The van der Waals surface area contributed by atoms with Crippen molar-refractivity contribution in [2.75, 3.05) is 77.3 Å². The van der Waals surface area contributed by atoms with Crippen molar-refractivity contribution in [1.82, 2.24) is 25.5 Å². The molecule has 0 saturated carbocycles. The molecule has 1 aromatic heterocycles. The van der Waals surface area contributed by atoms with Gasteiger partial charge >= 0.3 is 0 Å². The van der Waals surface area contributed by atoms with Crippen molar-refractivity contribution >= 4 is 28.8 Å². The lowest BCUT2D eigenvalue weighted by atomic mass is 10.1. The van der Waals surface area contributed by atoms with Crippen LogP contribution in [-0.4, -0.2) is 98.7 Å². The van der Waals surface area contributed by atoms with Gasteiger partial charge in [0.05, 0.1) is 24.5 Å². The van der Waals surface area contributed by atoms with E-state index >= 15 is 0 Å². The zero-order chi connectivity index (χ0) is 31.4. The van der Waals surface area contributed by atoms with Crippen LogP contribution in [0, 0.1) is 6.92 Å². The highest BCUT2D eigenvalue weighted by atomic mass is 16.5. The first-order valence-electron chi connectivity index (χ1n) is 14.3. The number of aliphatic hydroxyl groups excluding tert-OH is 1. The molecule has 1 fully saturated rings. The molecular formula is C30H46N10O3. The van der Waals surface area contributed by atoms with Crippen molar-refractivity contribution in [3.05, 3.63) is 66.3 Å². The highest BCUT2D eigenvalue weighted by Gasteiger charge is 2.22. The number of likely N-dealkylation sites (N-methyl/N-ethyl adjacent to an activating group) is 1. The number of nitrogens with two attached hydrogens (primary N) is 2. The maximum absolute atomic E-state index is 12.4. The number of amidine groups is 1. The summed E-state index contributed by atoms with van der Waals surface area (Å²) in [7, 11) is 5.71. The Balaban J connectivity index is 1.88. The molecule has 13 nitrogen and oxygen atoms in total. The summed E-state index contributed by atoms with van der Waals surface area (Å²) >= 11 is 0. The average molecular weight is 595 g/mol. The van der Waals surface area contributed by atoms with E-state index in [0.29, 0.717) is 29.4 Å². The van der Waals surface area contributed by atoms with Gasteiger partial charge in [-0.3, -0.25) is 14.7 Å². The summed E-state index contributed by atoms with van der Waals surface area (Å²) in [4.78, 5) is 28.1. The number of anilines is 2. The molecule has 0 radical (unpaired) electrons. The molecule has 1 aromatic carbocycles. The molecule has 13 heteroatoms. The van der Waals surface area contributed by atoms with Crippen molar-refractivity contribution < 1.29 is 14.6 Å². The predicted octanol–water partition coefficient (Wildman–Crippen LogP) is 1.21. The third-order valence-corrected chi connectivity index (χ3v) is 7.10. The summed E-state index contributed by atoms with van der Waals surface area (Å²) in [5.41, 5.74) is 12.6. The van der Waals surface area contributed by atoms with Crippen LogP contribution in [0.25, 0.3) is 0 Å². The summed E-state index contributed by atoms with van der Waals surface area (Å²) in [5, 5.41) is 15.8. The van der Waals surface area contributed by atoms with E-state index in [1.54, 1.807) is 25.4 Å². The van der Waals surface area contributed by atoms with Gasteiger partial charge in [-0.2, -0.15) is 0 Å². The molecule has 234 valence electrons. The minimum atomic E-state index is -0.335. The van der Waals surface area contributed by atoms with E-state index in [9.17, 15) is 9.90 Å². The normalized spacial score (nSPS) is 15.3. The third kappa shape index (κ3) is 9.96. The summed E-state index contributed by atoms with van der Waals surface area (Å²) < 4.78 is 5.70. The van der Waals surface area contributed by atoms with Crippen molar-refractivity contribution in [3.63, 3.8) is 0 Å². The van der Waals surface area contributed by atoms with Crippen LogP contribution in [0.2, 0.25) is 0 Å². The number of amides is 1. The zero-order valence-corrected chi connectivity index (χ0v) is 25.6. The topological polar surface area (TPSA) is 170 Å². The molecule has 1 saturated heterocycles. The fraction of sp³-hybridized carbons (Fsp3) is 0.433. The third-order valence-electron chi connectivity index (χ3n) is 7.10. The van der Waals surface area contributed by atoms with E-state index in [4.69, 9.17) is 16.3 Å². The second-order valence-corrected chi connectivity index (χ2v) is 10.5. The molecule has 1 aliphatic rings. The molecule has 0 unspecified atom stereocenters. The highest BCUT2D eigenvalue weighted by Crippen LogP contribution is 2.39. The number of hydrazine groups is 1. The number of pyridine rings is 1. The maximum atomic E-state index is 12.4. The van der Waals surface area contributed by atoms with Crippen molar-refractivity contribution in [2.24, 2.45) is 16.6 Å². The summed E-state index contributed by atoms with van der Waals surface area (Å²) in [6.45, 7) is 10.9. The molecule has 0 aliphatic carbocycles. The number of piperazine rings is 1. The van der Waals surface area contributed by atoms with E-state index in [0.717, 1.165) is 56.2 Å². The smallest absolute Gasteiger partial charge is 0.247 e. The van der Waals surface area contributed by atoms with Crippen molar-refractivity contribution in [3.8, 4) is 5.75 Å². The molecule has 1 amide bonds. The fourth-order valence-corrected chi connectivity index (χ4v) is 4.68. The van der Waals surface area contributed by atoms with E-state index in [2.05, 4.69) is 61.4 Å². The number of carbonyl (C=O) groups excluding carboxylic acids is 1. The standard InChI is InChI=1S/C30H46N10O3/c1-6-30(42)36-24-17-25(27(43-5)18-26(24)40-14-12-39(13-15-40)11-10-38(3)4)34-28(31)19-29(37-32)35-23(9-16-41)22-8-7-21(2)33-20-22/h6-8,17-20,23,35,37,41H,1,9-16,32H2,2-5H3,(H2,31,34)(H,36,42)/b29-19-/t23-/m1/s1. The number of hydrogen-bond acceptors (Lipinski definition) is 11. The SMILES string of the molecule is C=CC(=O)Nc1cc(N=C(N)/C=C(\NN)N[C@H](CCO)c2ccc(C)nc2)c(OC)cc1N1CCN(CCN(C)C)CC1. The number of nitrogens with zero attached hydrogens (tertiary/aromatic N) is 5. The van der Waals surface area contributed by atoms with Crippen LogP contribution in [0.4, 0.5) is 17.1 Å². The van der Waals surface area contributed by atoms with Crippen molar-refractivity contribution in [2.45, 2.75) is 19.4 Å². The van der Waals surface area contributed by atoms with Gasteiger partial charge in [0, 0.05) is 69.9 Å². The largest absolute Gasteiger partial charge is 0.494 e. The lowest BCUT2D eigenvalue weighted by Gasteiger charge is -2.37. The Morgan fingerprint density at radius 2 is 2.02 bits per heavy atom. The molecule has 8 N–H and O–H groups in total. The van der Waals surface area contributed by atoms with Crippen LogP contribution < -0.4 is 37.3 Å². The molecule has 2 aromatic rings. The average Bonchev–Trinajstić information content (AvgIpc) is 3.00. The molecule has 43 heavy (non-hydrogen) atoms. The number of benzene rings is 1. The van der Waals surface area contributed by atoms with Crippen LogP contribution >= 0.6 is 0 Å². The lowest BCUT2D eigenvalue weighted by molar-refractivity contribution is -0.111. The Kier molecular flexibility index (Phi) is 12.8. The number of hydrogen-bond donors (Lipinski definition) is 6. The van der Waals surface area contributed by atoms with Gasteiger partial charge in [0.1, 0.15) is 23.1 Å². The minimum absolute atomic E-state index is 0.0408. The molecule has 0 bridgehead atoms. The quantitative estimate of drug-likeness (QED) is 0.0576. The number of aliphatic imine (C=N–C) groups is 1. The first kappa shape index (κ1) is 33.3. The number of ether oxygens (including phenoxy) is 1. The summed E-state index contributed by atoms with van der Waals surface area (Å²) in [6.07, 6.45) is 4.95. The second kappa shape index (κ2) is 16.5. The van der Waals surface area contributed by atoms with Crippen LogP contribution in [-0.2, 0) is 4.79 Å². The summed E-state index contributed by atoms with van der Waals surface area (Å²) in [5.74, 6) is 6.48. The van der Waals surface area contributed by atoms with Gasteiger partial charge < -0.3 is 41.4 Å². The maximum Gasteiger partial charge on any atom is 0.247 e. The van der Waals surface area contributed by atoms with Gasteiger partial charge in [0.15, 0.2) is 0 Å². The van der Waals surface area contributed by atoms with Gasteiger partial charge in [0.25, 0.3) is 0 Å². The first-order valence-corrected chi connectivity index (χ1v) is 14.3. The van der Waals surface area contributed by atoms with Crippen LogP contribution in [0.3, 0.4) is 0 Å². The van der Waals surface area contributed by atoms with E-state index in [-0.39, 0.29) is 24.4 Å². The molecular weight excluding hydrogens is 548 g/mol. The Morgan fingerprint density at radius 3 is 2.60 bits per heavy atom. The van der Waals surface area contributed by atoms with Gasteiger partial charge in [-0.15, -0.1) is 0 Å². The van der Waals surface area contributed by atoms with E-state index in [1.807, 2.05) is 25.1 Å². The fourth-order valence-electron chi connectivity index (χ4n) is 4.68. The van der Waals surface area contributed by atoms with Gasteiger partial charge in [0.2, 0.25) is 5.91 Å². The molecule has 2 heterocycles. The monoisotopic (exact) mass is 594 g/mol. The minimum Gasteiger partial charge on any atom is -0.494 e. The summed E-state index contributed by atoms with van der Waals surface area (Å²) in [6, 6.07) is 7.18. The van der Waals surface area contributed by atoms with Crippen molar-refractivity contribution in [1.29, 1.82) is 0 Å². The first-order chi connectivity index (χ1) is 20.7.